The van der Waals surface area contributed by atoms with E-state index in [1.54, 1.807) is 0 Å². The van der Waals surface area contributed by atoms with Crippen LogP contribution in [0.1, 0.15) is 129 Å². The van der Waals surface area contributed by atoms with Gasteiger partial charge >= 0.3 is 0 Å². The topological polar surface area (TPSA) is 38.5 Å². The number of para-hydroxylation sites is 1. The first-order valence-electron chi connectivity index (χ1n) is 21.3. The molecule has 0 spiro atoms. The van der Waals surface area contributed by atoms with Crippen LogP contribution in [0, 0.1) is 6.92 Å². The fourth-order valence-corrected chi connectivity index (χ4v) is 8.47. The summed E-state index contributed by atoms with van der Waals surface area (Å²) in [6.07, 6.45) is 21.1. The number of rotatable bonds is 16. The first-order valence-corrected chi connectivity index (χ1v) is 23.3. The van der Waals surface area contributed by atoms with Crippen molar-refractivity contribution in [3.63, 3.8) is 0 Å². The average Bonchev–Trinajstić information content (AvgIpc) is 3.43. The molecule has 1 aliphatic carbocycles. The number of nitrogens with two attached hydrogens (primary N) is 1. The highest BCUT2D eigenvalue weighted by molar-refractivity contribution is 7.98. The Kier molecular flexibility index (Phi) is 20.2. The number of nitrogens with zero attached hydrogens (tertiary/aromatic N) is 1. The molecule has 0 saturated heterocycles. The SMILES string of the molecule is C/C(=C/C=C1\CCCC(/C=C/C2N(CCCCS)c3ccccc3C2(C)C)=C1Oc1ccc(CN)cc1)C(C)(C)c1ccccc1C.CC.CCCCCSC. The van der Waals surface area contributed by atoms with E-state index in [0.717, 1.165) is 61.5 Å². The number of thiol groups is 1. The molecule has 3 aromatic rings. The van der Waals surface area contributed by atoms with E-state index in [9.17, 15) is 0 Å². The fraction of sp³-hybridized carbons (Fsp3) is 0.490. The quantitative estimate of drug-likeness (QED) is 0.112. The van der Waals surface area contributed by atoms with Crippen molar-refractivity contribution in [2.75, 3.05) is 29.2 Å². The van der Waals surface area contributed by atoms with Crippen LogP contribution in [0.3, 0.4) is 0 Å². The summed E-state index contributed by atoms with van der Waals surface area (Å²) in [5, 5.41) is 0. The second-order valence-corrected chi connectivity index (χ2v) is 17.4. The molecule has 5 heteroatoms. The molecule has 0 saturated carbocycles. The third kappa shape index (κ3) is 12.7. The lowest BCUT2D eigenvalue weighted by Crippen LogP contribution is -2.40. The molecule has 1 aliphatic heterocycles. The van der Waals surface area contributed by atoms with E-state index in [4.69, 9.17) is 10.5 Å². The minimum absolute atomic E-state index is 0.0119. The van der Waals surface area contributed by atoms with E-state index in [1.165, 1.54) is 64.1 Å². The maximum atomic E-state index is 6.80. The van der Waals surface area contributed by atoms with Crippen molar-refractivity contribution in [3.8, 4) is 5.75 Å². The van der Waals surface area contributed by atoms with E-state index < -0.39 is 0 Å². The van der Waals surface area contributed by atoms with Gasteiger partial charge in [0.05, 0.1) is 6.04 Å². The van der Waals surface area contributed by atoms with Crippen LogP contribution in [0.4, 0.5) is 5.69 Å². The van der Waals surface area contributed by atoms with E-state index in [0.29, 0.717) is 6.54 Å². The molecule has 5 rings (SSSR count). The predicted molar refractivity (Wildman–Crippen MR) is 254 cm³/mol. The van der Waals surface area contributed by atoms with E-state index in [1.807, 2.05) is 37.7 Å². The van der Waals surface area contributed by atoms with Crippen molar-refractivity contribution >= 4 is 30.1 Å². The Labute approximate surface area is 352 Å². The summed E-state index contributed by atoms with van der Waals surface area (Å²) in [5.41, 5.74) is 16.2. The number of benzene rings is 3. The number of ether oxygens (including phenoxy) is 1. The smallest absolute Gasteiger partial charge is 0.133 e. The molecule has 1 unspecified atom stereocenters. The van der Waals surface area contributed by atoms with Crippen LogP contribution in [-0.4, -0.2) is 30.3 Å². The number of aryl methyl sites for hydroxylation is 1. The minimum atomic E-state index is -0.0813. The van der Waals surface area contributed by atoms with Gasteiger partial charge in [-0.05, 0) is 122 Å². The molecule has 0 aromatic heterocycles. The average molecular weight is 795 g/mol. The second kappa shape index (κ2) is 24.0. The predicted octanol–water partition coefficient (Wildman–Crippen LogP) is 14.1. The molecular weight excluding hydrogens is 721 g/mol. The van der Waals surface area contributed by atoms with Crippen molar-refractivity contribution in [3.05, 3.63) is 142 Å². The molecule has 1 heterocycles. The van der Waals surface area contributed by atoms with Gasteiger partial charge in [-0.3, -0.25) is 0 Å². The molecule has 2 N–H and O–H groups in total. The molecule has 306 valence electrons. The van der Waals surface area contributed by atoms with Gasteiger partial charge in [0, 0.05) is 29.6 Å². The van der Waals surface area contributed by atoms with Gasteiger partial charge in [0.15, 0.2) is 0 Å². The number of allylic oxidation sites excluding steroid dienone is 6. The van der Waals surface area contributed by atoms with E-state index >= 15 is 0 Å². The standard InChI is InChI=1S/C43H54N2OS.C6H14S.C2H6/c1-31-14-7-8-17-37(31)42(3,4)32(2)20-23-34-15-13-16-35(41(34)46-36-25-21-33(30-44)22-26-36)24-27-40-43(5,6)38-18-9-10-19-39(38)45(40)28-11-12-29-47;1-3-4-5-6-7-2;1-2/h7-10,14,17-27,40,47H,11-13,15-16,28-30,44H2,1-6H3;3-6H2,1-2H3;1-2H3/b27-24+,32-20-,34-23+;;. The molecule has 0 bridgehead atoms. The van der Waals surface area contributed by atoms with Crippen molar-refractivity contribution in [2.24, 2.45) is 5.73 Å². The summed E-state index contributed by atoms with van der Waals surface area (Å²) in [5.74, 6) is 4.10. The molecule has 1 atom stereocenters. The minimum Gasteiger partial charge on any atom is -0.457 e. The van der Waals surface area contributed by atoms with Gasteiger partial charge in [0.2, 0.25) is 0 Å². The van der Waals surface area contributed by atoms with Gasteiger partial charge in [-0.25, -0.2) is 0 Å². The van der Waals surface area contributed by atoms with Crippen LogP contribution in [-0.2, 0) is 17.4 Å². The van der Waals surface area contributed by atoms with E-state index in [2.05, 4.69) is 157 Å². The molecule has 0 fully saturated rings. The summed E-state index contributed by atoms with van der Waals surface area (Å²) < 4.78 is 6.80. The Morgan fingerprint density at radius 1 is 0.964 bits per heavy atom. The molecule has 0 radical (unpaired) electrons. The Bertz CT molecular complexity index is 1740. The largest absolute Gasteiger partial charge is 0.457 e. The number of anilines is 1. The molecule has 0 amide bonds. The highest BCUT2D eigenvalue weighted by Crippen LogP contribution is 2.46. The first-order chi connectivity index (χ1) is 27.0. The Morgan fingerprint density at radius 3 is 2.32 bits per heavy atom. The lowest BCUT2D eigenvalue weighted by atomic mass is 9.76. The van der Waals surface area contributed by atoms with Crippen LogP contribution in [0.25, 0.3) is 0 Å². The van der Waals surface area contributed by atoms with Gasteiger partial charge in [0.25, 0.3) is 0 Å². The Balaban J connectivity index is 0.000000842. The molecule has 3 nitrogen and oxygen atoms in total. The number of thioether (sulfide) groups is 1. The second-order valence-electron chi connectivity index (χ2n) is 16.0. The summed E-state index contributed by atoms with van der Waals surface area (Å²) in [6, 6.07) is 26.1. The zero-order chi connectivity index (χ0) is 41.1. The number of hydrogen-bond donors (Lipinski definition) is 2. The van der Waals surface area contributed by atoms with Gasteiger partial charge in [-0.2, -0.15) is 24.4 Å². The third-order valence-corrected chi connectivity index (χ3v) is 12.4. The zero-order valence-corrected chi connectivity index (χ0v) is 38.3. The van der Waals surface area contributed by atoms with Gasteiger partial charge in [-0.1, -0.05) is 146 Å². The summed E-state index contributed by atoms with van der Waals surface area (Å²) in [6.45, 7) is 21.7. The van der Waals surface area contributed by atoms with Crippen molar-refractivity contribution in [1.29, 1.82) is 0 Å². The number of hydrogen-bond acceptors (Lipinski definition) is 5. The third-order valence-electron chi connectivity index (χ3n) is 11.4. The Morgan fingerprint density at radius 2 is 1.66 bits per heavy atom. The normalized spacial score (nSPS) is 17.4. The van der Waals surface area contributed by atoms with Crippen LogP contribution in [0.5, 0.6) is 5.75 Å². The fourth-order valence-electron chi connectivity index (χ4n) is 7.75. The van der Waals surface area contributed by atoms with Gasteiger partial charge in [-0.15, -0.1) is 0 Å². The molecule has 2 aliphatic rings. The zero-order valence-electron chi connectivity index (χ0n) is 36.6. The van der Waals surface area contributed by atoms with E-state index in [-0.39, 0.29) is 16.9 Å². The van der Waals surface area contributed by atoms with Gasteiger partial charge in [0.1, 0.15) is 11.5 Å². The maximum absolute atomic E-state index is 6.80. The van der Waals surface area contributed by atoms with Crippen LogP contribution >= 0.6 is 24.4 Å². The summed E-state index contributed by atoms with van der Waals surface area (Å²) in [4.78, 5) is 2.61. The van der Waals surface area contributed by atoms with Gasteiger partial charge < -0.3 is 15.4 Å². The Hall–Kier alpha value is -3.12. The van der Waals surface area contributed by atoms with Crippen LogP contribution in [0.15, 0.2) is 120 Å². The summed E-state index contributed by atoms with van der Waals surface area (Å²) in [7, 11) is 0. The lowest BCUT2D eigenvalue weighted by Gasteiger charge is -2.33. The number of fused-ring (bicyclic) bond motifs is 1. The maximum Gasteiger partial charge on any atom is 0.133 e. The monoisotopic (exact) mass is 795 g/mol. The van der Waals surface area contributed by atoms with Crippen LogP contribution in [0.2, 0.25) is 0 Å². The lowest BCUT2D eigenvalue weighted by molar-refractivity contribution is 0.415. The first kappa shape index (κ1) is 47.3. The van der Waals surface area contributed by atoms with Crippen molar-refractivity contribution in [1.82, 2.24) is 0 Å². The highest BCUT2D eigenvalue weighted by Gasteiger charge is 2.42. The van der Waals surface area contributed by atoms with Crippen molar-refractivity contribution < 1.29 is 4.74 Å². The molecular formula is C51H74N2OS2. The molecule has 56 heavy (non-hydrogen) atoms. The van der Waals surface area contributed by atoms with Crippen molar-refractivity contribution in [2.45, 2.75) is 137 Å². The number of unbranched alkanes of at least 4 members (excludes halogenated alkanes) is 3. The molecule has 3 aromatic carbocycles. The van der Waals surface area contributed by atoms with Crippen LogP contribution < -0.4 is 15.4 Å². The highest BCUT2D eigenvalue weighted by atomic mass is 32.2. The summed E-state index contributed by atoms with van der Waals surface area (Å²) >= 11 is 6.43.